The van der Waals surface area contributed by atoms with Crippen LogP contribution in [0.25, 0.3) is 10.9 Å². The van der Waals surface area contributed by atoms with Gasteiger partial charge in [-0.1, -0.05) is 11.6 Å². The van der Waals surface area contributed by atoms with E-state index in [0.29, 0.717) is 18.0 Å². The molecule has 1 aromatic carbocycles. The molecule has 6 rings (SSSR count). The fraction of sp³-hybridized carbons (Fsp3) is 0.450. The second-order valence-corrected chi connectivity index (χ2v) is 7.31. The molecule has 4 bridgehead atoms. The number of aldehydes is 1. The number of benzene rings is 1. The topological polar surface area (TPSA) is 45.3 Å². The van der Waals surface area contributed by atoms with Crippen LogP contribution in [0, 0.1) is 11.8 Å². The van der Waals surface area contributed by atoms with E-state index in [1.165, 1.54) is 34.0 Å². The molecule has 4 aliphatic rings. The van der Waals surface area contributed by atoms with Gasteiger partial charge in [0.1, 0.15) is 12.0 Å². The van der Waals surface area contributed by atoms with Gasteiger partial charge >= 0.3 is 0 Å². The van der Waals surface area contributed by atoms with Gasteiger partial charge in [-0.3, -0.25) is 4.90 Å². The van der Waals surface area contributed by atoms with E-state index in [-0.39, 0.29) is 5.92 Å². The van der Waals surface area contributed by atoms with Crippen LogP contribution in [0.1, 0.15) is 30.6 Å². The molecule has 1 unspecified atom stereocenters. The smallest absolute Gasteiger partial charge is 0.125 e. The Morgan fingerprint density at radius 3 is 3.00 bits per heavy atom. The van der Waals surface area contributed by atoms with E-state index in [4.69, 9.17) is 4.74 Å². The molecule has 24 heavy (non-hydrogen) atoms. The first-order chi connectivity index (χ1) is 11.7. The van der Waals surface area contributed by atoms with Crippen molar-refractivity contribution in [2.45, 2.75) is 31.8 Å². The van der Waals surface area contributed by atoms with Crippen LogP contribution in [0.5, 0.6) is 5.75 Å². The number of aromatic nitrogens is 1. The molecule has 0 spiro atoms. The Labute approximate surface area is 141 Å². The number of hydrogen-bond acceptors (Lipinski definition) is 3. The van der Waals surface area contributed by atoms with E-state index in [1.807, 2.05) is 6.07 Å². The predicted molar refractivity (Wildman–Crippen MR) is 93.2 cm³/mol. The van der Waals surface area contributed by atoms with Crippen molar-refractivity contribution < 1.29 is 9.53 Å². The van der Waals surface area contributed by atoms with Gasteiger partial charge in [0.05, 0.1) is 13.2 Å². The number of nitrogens with zero attached hydrogens (tertiary/aromatic N) is 1. The van der Waals surface area contributed by atoms with Crippen LogP contribution >= 0.6 is 0 Å². The monoisotopic (exact) mass is 322 g/mol. The molecule has 0 amide bonds. The largest absolute Gasteiger partial charge is 0.497 e. The molecule has 0 aliphatic carbocycles. The van der Waals surface area contributed by atoms with Gasteiger partial charge in [0.15, 0.2) is 0 Å². The number of carbonyl (C=O) groups excluding carboxylic acids is 1. The van der Waals surface area contributed by atoms with Gasteiger partial charge in [-0.25, -0.2) is 0 Å². The first kappa shape index (κ1) is 14.3. The first-order valence-corrected chi connectivity index (χ1v) is 8.79. The minimum Gasteiger partial charge on any atom is -0.497 e. The van der Waals surface area contributed by atoms with E-state index in [1.54, 1.807) is 7.11 Å². The molecule has 1 aromatic heterocycles. The lowest BCUT2D eigenvalue weighted by molar-refractivity contribution is -0.121. The molecule has 3 fully saturated rings. The summed E-state index contributed by atoms with van der Waals surface area (Å²) in [5.74, 6) is 1.44. The van der Waals surface area contributed by atoms with Gasteiger partial charge in [-0.2, -0.15) is 0 Å². The van der Waals surface area contributed by atoms with Crippen LogP contribution in [0.2, 0.25) is 0 Å². The molecular weight excluding hydrogens is 300 g/mol. The highest BCUT2D eigenvalue weighted by atomic mass is 16.5. The molecule has 3 saturated heterocycles. The van der Waals surface area contributed by atoms with Gasteiger partial charge < -0.3 is 14.5 Å². The summed E-state index contributed by atoms with van der Waals surface area (Å²) in [5, 5.41) is 1.26. The first-order valence-electron chi connectivity index (χ1n) is 8.79. The zero-order chi connectivity index (χ0) is 16.4. The number of carbonyl (C=O) groups is 1. The molecular formula is C20H22N2O2. The van der Waals surface area contributed by atoms with Crippen molar-refractivity contribution in [3.8, 4) is 5.75 Å². The van der Waals surface area contributed by atoms with Gasteiger partial charge in [-0.05, 0) is 49.4 Å². The molecule has 5 atom stereocenters. The number of methoxy groups -OCH3 is 1. The lowest BCUT2D eigenvalue weighted by Crippen LogP contribution is -2.60. The normalized spacial score (nSPS) is 35.2. The van der Waals surface area contributed by atoms with Crippen molar-refractivity contribution in [3.05, 3.63) is 41.1 Å². The summed E-state index contributed by atoms with van der Waals surface area (Å²) < 4.78 is 5.41. The zero-order valence-corrected chi connectivity index (χ0v) is 14.1. The van der Waals surface area contributed by atoms with Crippen molar-refractivity contribution in [2.24, 2.45) is 11.8 Å². The van der Waals surface area contributed by atoms with Gasteiger partial charge in [0.2, 0.25) is 0 Å². The molecule has 2 aromatic rings. The highest BCUT2D eigenvalue weighted by molar-refractivity contribution is 5.87. The van der Waals surface area contributed by atoms with Crippen LogP contribution in [0.4, 0.5) is 0 Å². The van der Waals surface area contributed by atoms with E-state index in [0.717, 1.165) is 25.1 Å². The number of fused-ring (bicyclic) bond motifs is 4. The third kappa shape index (κ3) is 1.69. The lowest BCUT2D eigenvalue weighted by Gasteiger charge is -2.57. The zero-order valence-electron chi connectivity index (χ0n) is 14.1. The third-order valence-corrected chi connectivity index (χ3v) is 6.47. The predicted octanol–water partition coefficient (Wildman–Crippen LogP) is 3.24. The summed E-state index contributed by atoms with van der Waals surface area (Å²) in [4.78, 5) is 18.1. The number of ether oxygens (including phenoxy) is 1. The Morgan fingerprint density at radius 2 is 2.25 bits per heavy atom. The Hall–Kier alpha value is -2.07. The maximum atomic E-state index is 11.8. The molecule has 1 N–H and O–H groups in total. The van der Waals surface area contributed by atoms with Crippen molar-refractivity contribution >= 4 is 17.2 Å². The SMILES string of the molecule is CC=C1CN2[C@@H]3C[C@H]1[C@@H](C=O)[C@H]2Cc1c3[nH]c2ccc(OC)cc12. The summed E-state index contributed by atoms with van der Waals surface area (Å²) in [6, 6.07) is 7.01. The average molecular weight is 322 g/mol. The van der Waals surface area contributed by atoms with Gasteiger partial charge in [0.25, 0.3) is 0 Å². The van der Waals surface area contributed by atoms with Crippen molar-refractivity contribution in [1.82, 2.24) is 9.88 Å². The maximum absolute atomic E-state index is 11.8. The van der Waals surface area contributed by atoms with E-state index >= 15 is 0 Å². The Bertz CT molecular complexity index is 866. The molecule has 0 radical (unpaired) electrons. The Kier molecular flexibility index (Phi) is 2.95. The fourth-order valence-corrected chi connectivity index (χ4v) is 5.32. The van der Waals surface area contributed by atoms with E-state index in [9.17, 15) is 4.79 Å². The van der Waals surface area contributed by atoms with Crippen molar-refractivity contribution in [2.75, 3.05) is 13.7 Å². The van der Waals surface area contributed by atoms with Crippen LogP contribution in [-0.4, -0.2) is 35.9 Å². The average Bonchev–Trinajstić information content (AvgIpc) is 2.99. The Balaban J connectivity index is 1.67. The summed E-state index contributed by atoms with van der Waals surface area (Å²) in [6.07, 6.45) is 5.44. The molecule has 4 aliphatic heterocycles. The second-order valence-electron chi connectivity index (χ2n) is 7.31. The molecule has 124 valence electrons. The number of piperidine rings is 3. The van der Waals surface area contributed by atoms with Crippen LogP contribution in [-0.2, 0) is 11.2 Å². The van der Waals surface area contributed by atoms with E-state index in [2.05, 4.69) is 35.0 Å². The number of rotatable bonds is 2. The third-order valence-electron chi connectivity index (χ3n) is 6.47. The molecule has 0 saturated carbocycles. The van der Waals surface area contributed by atoms with Gasteiger partial charge in [0, 0.05) is 35.1 Å². The lowest BCUT2D eigenvalue weighted by atomic mass is 9.64. The summed E-state index contributed by atoms with van der Waals surface area (Å²) in [6.45, 7) is 3.12. The maximum Gasteiger partial charge on any atom is 0.125 e. The van der Waals surface area contributed by atoms with Crippen molar-refractivity contribution in [1.29, 1.82) is 0 Å². The molecule has 4 nitrogen and oxygen atoms in total. The summed E-state index contributed by atoms with van der Waals surface area (Å²) in [5.41, 5.74) is 5.38. The quantitative estimate of drug-likeness (QED) is 0.682. The summed E-state index contributed by atoms with van der Waals surface area (Å²) >= 11 is 0. The van der Waals surface area contributed by atoms with Crippen LogP contribution in [0.15, 0.2) is 29.8 Å². The van der Waals surface area contributed by atoms with Crippen LogP contribution in [0.3, 0.4) is 0 Å². The number of allylic oxidation sites excluding steroid dienone is 1. The van der Waals surface area contributed by atoms with Crippen molar-refractivity contribution in [3.63, 3.8) is 0 Å². The highest BCUT2D eigenvalue weighted by Gasteiger charge is 2.52. The Morgan fingerprint density at radius 1 is 1.38 bits per heavy atom. The number of H-pyrrole nitrogens is 1. The highest BCUT2D eigenvalue weighted by Crippen LogP contribution is 2.53. The van der Waals surface area contributed by atoms with Gasteiger partial charge in [-0.15, -0.1) is 0 Å². The second kappa shape index (κ2) is 4.96. The fourth-order valence-electron chi connectivity index (χ4n) is 5.32. The summed E-state index contributed by atoms with van der Waals surface area (Å²) in [7, 11) is 1.71. The number of nitrogens with one attached hydrogen (secondary N) is 1. The minimum absolute atomic E-state index is 0.130. The number of hydrogen-bond donors (Lipinski definition) is 1. The number of aromatic amines is 1. The van der Waals surface area contributed by atoms with Crippen LogP contribution < -0.4 is 4.74 Å². The standard InChI is InChI=1S/C20H22N2O2/c1-3-11-9-22-18-8-15-14-6-12(24-2)4-5-17(14)21-20(15)19(22)7-13(11)16(18)10-23/h3-6,10,13,16,18-19,21H,7-9H2,1-2H3/t13-,16-,18-,19-/m1/s1. The molecule has 4 heteroatoms. The molecule has 5 heterocycles. The van der Waals surface area contributed by atoms with E-state index < -0.39 is 0 Å². The minimum atomic E-state index is 0.130.